The third kappa shape index (κ3) is 2.73. The Morgan fingerprint density at radius 2 is 2.25 bits per heavy atom. The molecule has 0 spiro atoms. The molecule has 106 valence electrons. The molecule has 3 rings (SSSR count). The molecule has 0 saturated heterocycles. The van der Waals surface area contributed by atoms with Gasteiger partial charge in [-0.15, -0.1) is 11.3 Å². The van der Waals surface area contributed by atoms with Gasteiger partial charge in [-0.3, -0.25) is 0 Å². The summed E-state index contributed by atoms with van der Waals surface area (Å²) in [6, 6.07) is 6.05. The predicted octanol–water partition coefficient (Wildman–Crippen LogP) is 5.10. The van der Waals surface area contributed by atoms with E-state index in [2.05, 4.69) is 12.2 Å². The van der Waals surface area contributed by atoms with E-state index in [9.17, 15) is 0 Å². The molecule has 1 aliphatic rings. The van der Waals surface area contributed by atoms with Crippen LogP contribution in [0.5, 0.6) is 0 Å². The lowest BCUT2D eigenvalue weighted by molar-refractivity contribution is 0.476. The van der Waals surface area contributed by atoms with E-state index in [1.54, 1.807) is 17.4 Å². The van der Waals surface area contributed by atoms with Crippen molar-refractivity contribution in [2.45, 2.75) is 32.2 Å². The Hall–Kier alpha value is -0.610. The molecule has 0 amide bonds. The van der Waals surface area contributed by atoms with Crippen molar-refractivity contribution in [2.24, 2.45) is 0 Å². The molecule has 2 aromatic rings. The number of hydrogen-bond acceptors (Lipinski definition) is 3. The molecule has 0 radical (unpaired) electrons. The second-order valence-electron chi connectivity index (χ2n) is 4.96. The number of nitrogens with zero attached hydrogens (tertiary/aromatic N) is 1. The van der Waals surface area contributed by atoms with Gasteiger partial charge in [0.15, 0.2) is 0 Å². The van der Waals surface area contributed by atoms with Gasteiger partial charge in [-0.2, -0.15) is 0 Å². The second kappa shape index (κ2) is 6.02. The van der Waals surface area contributed by atoms with Crippen molar-refractivity contribution in [3.63, 3.8) is 0 Å². The van der Waals surface area contributed by atoms with Crippen molar-refractivity contribution in [1.82, 2.24) is 10.3 Å². The van der Waals surface area contributed by atoms with Crippen molar-refractivity contribution >= 4 is 34.5 Å². The molecule has 1 heterocycles. The maximum atomic E-state index is 6.29. The fourth-order valence-electron chi connectivity index (χ4n) is 2.64. The van der Waals surface area contributed by atoms with E-state index >= 15 is 0 Å². The van der Waals surface area contributed by atoms with Crippen molar-refractivity contribution in [3.05, 3.63) is 38.8 Å². The first kappa shape index (κ1) is 14.3. The van der Waals surface area contributed by atoms with Crippen molar-refractivity contribution < 1.29 is 0 Å². The summed E-state index contributed by atoms with van der Waals surface area (Å²) in [6.07, 6.45) is 3.46. The fraction of sp³-hybridized carbons (Fsp3) is 0.400. The number of thiazole rings is 1. The summed E-state index contributed by atoms with van der Waals surface area (Å²) in [6.45, 7) is 3.13. The highest BCUT2D eigenvalue weighted by Gasteiger charge is 2.24. The number of aryl methyl sites for hydroxylation is 1. The van der Waals surface area contributed by atoms with Gasteiger partial charge in [-0.1, -0.05) is 30.1 Å². The molecular weight excluding hydrogens is 311 g/mol. The average Bonchev–Trinajstić information content (AvgIpc) is 2.83. The smallest absolute Gasteiger partial charge is 0.125 e. The van der Waals surface area contributed by atoms with Crippen LogP contribution in [-0.2, 0) is 6.42 Å². The predicted molar refractivity (Wildman–Crippen MR) is 86.9 cm³/mol. The van der Waals surface area contributed by atoms with Gasteiger partial charge in [0, 0.05) is 21.5 Å². The quantitative estimate of drug-likeness (QED) is 0.848. The van der Waals surface area contributed by atoms with Crippen LogP contribution in [0.4, 0.5) is 0 Å². The summed E-state index contributed by atoms with van der Waals surface area (Å²) in [5.74, 6) is 0. The SMILES string of the molecule is CCNC1CCCc2nc(-c3ccc(Cl)cc3Cl)sc21. The number of rotatable bonds is 3. The monoisotopic (exact) mass is 326 g/mol. The summed E-state index contributed by atoms with van der Waals surface area (Å²) < 4.78 is 0. The molecule has 1 aromatic carbocycles. The highest BCUT2D eigenvalue weighted by atomic mass is 35.5. The molecule has 1 unspecified atom stereocenters. The molecule has 1 aromatic heterocycles. The van der Waals surface area contributed by atoms with Gasteiger partial charge >= 0.3 is 0 Å². The Morgan fingerprint density at radius 3 is 3.00 bits per heavy atom. The number of nitrogens with one attached hydrogen (secondary N) is 1. The Balaban J connectivity index is 2.00. The van der Waals surface area contributed by atoms with Crippen LogP contribution >= 0.6 is 34.5 Å². The molecule has 1 N–H and O–H groups in total. The Bertz CT molecular complexity index is 624. The van der Waals surface area contributed by atoms with Crippen molar-refractivity contribution in [2.75, 3.05) is 6.54 Å². The molecule has 2 nitrogen and oxygen atoms in total. The normalized spacial score (nSPS) is 18.1. The van der Waals surface area contributed by atoms with E-state index in [1.165, 1.54) is 23.4 Å². The maximum Gasteiger partial charge on any atom is 0.125 e. The van der Waals surface area contributed by atoms with Gasteiger partial charge in [0.05, 0.1) is 10.7 Å². The second-order valence-corrected chi connectivity index (χ2v) is 6.83. The lowest BCUT2D eigenvalue weighted by Gasteiger charge is -2.21. The molecule has 20 heavy (non-hydrogen) atoms. The zero-order valence-corrected chi connectivity index (χ0v) is 13.6. The number of benzene rings is 1. The molecule has 0 fully saturated rings. The maximum absolute atomic E-state index is 6.29. The van der Waals surface area contributed by atoms with Crippen LogP contribution in [0.25, 0.3) is 10.6 Å². The average molecular weight is 327 g/mol. The van der Waals surface area contributed by atoms with Gasteiger partial charge in [0.2, 0.25) is 0 Å². The van der Waals surface area contributed by atoms with Gasteiger partial charge in [0.25, 0.3) is 0 Å². The van der Waals surface area contributed by atoms with Gasteiger partial charge in [0.1, 0.15) is 5.01 Å². The Kier molecular flexibility index (Phi) is 4.32. The van der Waals surface area contributed by atoms with Gasteiger partial charge in [-0.05, 0) is 44.0 Å². The van der Waals surface area contributed by atoms with Crippen LogP contribution in [0, 0.1) is 0 Å². The Morgan fingerprint density at radius 1 is 1.40 bits per heavy atom. The molecule has 5 heteroatoms. The first-order chi connectivity index (χ1) is 9.69. The van der Waals surface area contributed by atoms with E-state index < -0.39 is 0 Å². The van der Waals surface area contributed by atoms with E-state index in [0.717, 1.165) is 23.5 Å². The minimum absolute atomic E-state index is 0.445. The standard InChI is InChI=1S/C15H16Cl2N2S/c1-2-18-12-4-3-5-13-14(12)20-15(19-13)10-7-6-9(16)8-11(10)17/h6-8,12,18H,2-5H2,1H3. The highest BCUT2D eigenvalue weighted by molar-refractivity contribution is 7.15. The van der Waals surface area contributed by atoms with Crippen LogP contribution in [0.3, 0.4) is 0 Å². The summed E-state index contributed by atoms with van der Waals surface area (Å²) >= 11 is 14.0. The van der Waals surface area contributed by atoms with Crippen molar-refractivity contribution in [3.8, 4) is 10.6 Å². The van der Waals surface area contributed by atoms with Crippen molar-refractivity contribution in [1.29, 1.82) is 0 Å². The first-order valence-electron chi connectivity index (χ1n) is 6.87. The number of hydrogen-bond donors (Lipinski definition) is 1. The summed E-state index contributed by atoms with van der Waals surface area (Å²) in [4.78, 5) is 6.17. The number of aromatic nitrogens is 1. The minimum Gasteiger partial charge on any atom is -0.309 e. The topological polar surface area (TPSA) is 24.9 Å². The van der Waals surface area contributed by atoms with Crippen LogP contribution in [0.1, 0.15) is 36.4 Å². The van der Waals surface area contributed by atoms with Crippen LogP contribution in [-0.4, -0.2) is 11.5 Å². The lowest BCUT2D eigenvalue weighted by atomic mass is 9.98. The largest absolute Gasteiger partial charge is 0.309 e. The van der Waals surface area contributed by atoms with E-state index in [0.29, 0.717) is 16.1 Å². The van der Waals surface area contributed by atoms with E-state index in [4.69, 9.17) is 28.2 Å². The first-order valence-corrected chi connectivity index (χ1v) is 8.44. The summed E-state index contributed by atoms with van der Waals surface area (Å²) in [7, 11) is 0. The summed E-state index contributed by atoms with van der Waals surface area (Å²) in [5.41, 5.74) is 2.21. The zero-order chi connectivity index (χ0) is 14.1. The molecule has 1 aliphatic carbocycles. The highest BCUT2D eigenvalue weighted by Crippen LogP contribution is 2.40. The fourth-order valence-corrected chi connectivity index (χ4v) is 4.45. The molecule has 1 atom stereocenters. The lowest BCUT2D eigenvalue weighted by Crippen LogP contribution is -2.23. The zero-order valence-electron chi connectivity index (χ0n) is 11.2. The van der Waals surface area contributed by atoms with Gasteiger partial charge < -0.3 is 5.32 Å². The third-order valence-corrected chi connectivity index (χ3v) is 5.35. The van der Waals surface area contributed by atoms with E-state index in [-0.39, 0.29) is 0 Å². The van der Waals surface area contributed by atoms with Crippen LogP contribution in [0.2, 0.25) is 10.0 Å². The number of halogens is 2. The van der Waals surface area contributed by atoms with Crippen LogP contribution in [0.15, 0.2) is 18.2 Å². The van der Waals surface area contributed by atoms with Crippen LogP contribution < -0.4 is 5.32 Å². The minimum atomic E-state index is 0.445. The van der Waals surface area contributed by atoms with E-state index in [1.807, 2.05) is 12.1 Å². The summed E-state index contributed by atoms with van der Waals surface area (Å²) in [5, 5.41) is 5.87. The third-order valence-electron chi connectivity index (χ3n) is 3.56. The molecule has 0 saturated carbocycles. The Labute approximate surface area is 133 Å². The molecular formula is C15H16Cl2N2S. The van der Waals surface area contributed by atoms with Gasteiger partial charge in [-0.25, -0.2) is 4.98 Å². The number of fused-ring (bicyclic) bond motifs is 1. The molecule has 0 aliphatic heterocycles. The molecule has 0 bridgehead atoms.